The highest BCUT2D eigenvalue weighted by Gasteiger charge is 2.16. The zero-order chi connectivity index (χ0) is 10.8. The van der Waals surface area contributed by atoms with Crippen LogP contribution in [-0.2, 0) is 4.74 Å². The first-order chi connectivity index (χ1) is 7.20. The first kappa shape index (κ1) is 10.7. The van der Waals surface area contributed by atoms with Gasteiger partial charge in [0.05, 0.1) is 32.0 Å². The van der Waals surface area contributed by atoms with Gasteiger partial charge in [-0.3, -0.25) is 0 Å². The maximum atomic E-state index is 5.34. The molecule has 0 aromatic carbocycles. The summed E-state index contributed by atoms with van der Waals surface area (Å²) in [5.74, 6) is 0.473. The Balaban J connectivity index is 2.32. The van der Waals surface area contributed by atoms with Gasteiger partial charge >= 0.3 is 0 Å². The van der Waals surface area contributed by atoms with Gasteiger partial charge in [0.25, 0.3) is 0 Å². The average molecular weight is 227 g/mol. The van der Waals surface area contributed by atoms with Crippen LogP contribution in [0.2, 0.25) is 0 Å². The van der Waals surface area contributed by atoms with E-state index in [9.17, 15) is 0 Å². The van der Waals surface area contributed by atoms with Crippen LogP contribution in [0.5, 0.6) is 0 Å². The van der Waals surface area contributed by atoms with E-state index in [1.165, 1.54) is 5.69 Å². The number of H-pyrrole nitrogens is 1. The van der Waals surface area contributed by atoms with E-state index < -0.39 is 0 Å². The fourth-order valence-corrected chi connectivity index (χ4v) is 2.11. The second-order valence-electron chi connectivity index (χ2n) is 4.05. The smallest absolute Gasteiger partial charge is 0.196 e. The highest BCUT2D eigenvalue weighted by molar-refractivity contribution is 7.71. The number of nitrogens with one attached hydrogen (secondary N) is 1. The second kappa shape index (κ2) is 4.37. The molecule has 0 atom stereocenters. The van der Waals surface area contributed by atoms with E-state index in [4.69, 9.17) is 17.0 Å². The molecule has 1 aromatic heterocycles. The van der Waals surface area contributed by atoms with Crippen LogP contribution >= 0.6 is 12.2 Å². The summed E-state index contributed by atoms with van der Waals surface area (Å²) < 4.78 is 8.23. The molecule has 2 heterocycles. The van der Waals surface area contributed by atoms with Crippen molar-refractivity contribution in [2.24, 2.45) is 0 Å². The number of ether oxygens (including phenoxy) is 1. The van der Waals surface area contributed by atoms with Gasteiger partial charge in [0.2, 0.25) is 0 Å². The van der Waals surface area contributed by atoms with E-state index in [-0.39, 0.29) is 0 Å². The van der Waals surface area contributed by atoms with Crippen LogP contribution in [0, 0.1) is 4.77 Å². The number of nitrogens with zero attached hydrogens (tertiary/aromatic N) is 2. The highest BCUT2D eigenvalue weighted by Crippen LogP contribution is 2.15. The van der Waals surface area contributed by atoms with Crippen molar-refractivity contribution < 1.29 is 4.74 Å². The molecule has 1 aromatic rings. The van der Waals surface area contributed by atoms with Crippen LogP contribution < -0.4 is 5.01 Å². The van der Waals surface area contributed by atoms with Crippen molar-refractivity contribution in [3.63, 3.8) is 0 Å². The lowest BCUT2D eigenvalue weighted by atomic mass is 10.1. The molecule has 4 nitrogen and oxygen atoms in total. The molecule has 0 aliphatic carbocycles. The molecule has 5 heteroatoms. The van der Waals surface area contributed by atoms with Crippen molar-refractivity contribution in [2.75, 3.05) is 31.3 Å². The predicted octanol–water partition coefficient (Wildman–Crippen LogP) is 1.64. The van der Waals surface area contributed by atoms with Gasteiger partial charge in [-0.2, -0.15) is 0 Å². The van der Waals surface area contributed by atoms with Gasteiger partial charge in [-0.05, 0) is 18.1 Å². The Hall–Kier alpha value is -0.810. The minimum Gasteiger partial charge on any atom is -0.378 e. The van der Waals surface area contributed by atoms with Crippen molar-refractivity contribution in [3.8, 4) is 0 Å². The molecule has 0 bridgehead atoms. The maximum absolute atomic E-state index is 5.34. The lowest BCUT2D eigenvalue weighted by Crippen LogP contribution is -2.44. The molecule has 1 N–H and O–H groups in total. The molecule has 1 saturated heterocycles. The lowest BCUT2D eigenvalue weighted by Gasteiger charge is -2.31. The third kappa shape index (κ3) is 2.08. The van der Waals surface area contributed by atoms with Crippen molar-refractivity contribution in [3.05, 3.63) is 16.7 Å². The topological polar surface area (TPSA) is 33.2 Å². The SMILES string of the molecule is CC(C)c1c[nH]c(=S)n1N1CCOCC1. The molecule has 0 unspecified atom stereocenters. The van der Waals surface area contributed by atoms with E-state index in [1.807, 2.05) is 6.20 Å². The number of aromatic amines is 1. The molecular weight excluding hydrogens is 210 g/mol. The van der Waals surface area contributed by atoms with Gasteiger partial charge in [0.1, 0.15) is 0 Å². The van der Waals surface area contributed by atoms with E-state index in [0.29, 0.717) is 5.92 Å². The van der Waals surface area contributed by atoms with Crippen LogP contribution in [-0.4, -0.2) is 36.0 Å². The minimum absolute atomic E-state index is 0.473. The van der Waals surface area contributed by atoms with Crippen molar-refractivity contribution in [1.29, 1.82) is 0 Å². The fourth-order valence-electron chi connectivity index (χ4n) is 1.83. The standard InChI is InChI=1S/C10H17N3OS/c1-8(2)9-7-11-10(15)13(9)12-3-5-14-6-4-12/h7-8H,3-6H2,1-2H3,(H,11,15). The van der Waals surface area contributed by atoms with E-state index in [1.54, 1.807) is 0 Å². The summed E-state index contributed by atoms with van der Waals surface area (Å²) >= 11 is 5.30. The Labute approximate surface area is 94.8 Å². The minimum atomic E-state index is 0.473. The van der Waals surface area contributed by atoms with Gasteiger partial charge in [-0.25, -0.2) is 4.68 Å². The van der Waals surface area contributed by atoms with Gasteiger partial charge in [-0.15, -0.1) is 0 Å². The number of aromatic nitrogens is 2. The Bertz CT molecular complexity index is 376. The fraction of sp³-hybridized carbons (Fsp3) is 0.700. The monoisotopic (exact) mass is 227 g/mol. The molecule has 0 amide bonds. The van der Waals surface area contributed by atoms with Gasteiger partial charge < -0.3 is 14.7 Å². The molecular formula is C10H17N3OS. The quantitative estimate of drug-likeness (QED) is 0.780. The number of hydrogen-bond acceptors (Lipinski definition) is 3. The summed E-state index contributed by atoms with van der Waals surface area (Å²) in [4.78, 5) is 3.11. The van der Waals surface area contributed by atoms with Gasteiger partial charge in [0.15, 0.2) is 4.77 Å². The second-order valence-corrected chi connectivity index (χ2v) is 4.44. The first-order valence-electron chi connectivity index (χ1n) is 5.33. The Morgan fingerprint density at radius 3 is 2.67 bits per heavy atom. The third-order valence-electron chi connectivity index (χ3n) is 2.64. The zero-order valence-electron chi connectivity index (χ0n) is 9.19. The van der Waals surface area contributed by atoms with Crippen molar-refractivity contribution >= 4 is 12.2 Å². The molecule has 0 radical (unpaired) electrons. The Morgan fingerprint density at radius 1 is 1.40 bits per heavy atom. The number of imidazole rings is 1. The molecule has 1 aliphatic rings. The summed E-state index contributed by atoms with van der Waals surface area (Å²) in [5.41, 5.74) is 1.24. The van der Waals surface area contributed by atoms with Crippen LogP contribution in [0.4, 0.5) is 0 Å². The van der Waals surface area contributed by atoms with E-state index in [2.05, 4.69) is 28.5 Å². The summed E-state index contributed by atoms with van der Waals surface area (Å²) in [7, 11) is 0. The summed E-state index contributed by atoms with van der Waals surface area (Å²) in [6.45, 7) is 7.73. The number of morpholine rings is 1. The maximum Gasteiger partial charge on any atom is 0.196 e. The summed E-state index contributed by atoms with van der Waals surface area (Å²) in [5, 5.41) is 2.25. The Kier molecular flexibility index (Phi) is 3.11. The van der Waals surface area contributed by atoms with Crippen LogP contribution in [0.3, 0.4) is 0 Å². The van der Waals surface area contributed by atoms with Crippen LogP contribution in [0.25, 0.3) is 0 Å². The normalized spacial score (nSPS) is 17.4. The van der Waals surface area contributed by atoms with E-state index >= 15 is 0 Å². The molecule has 1 fully saturated rings. The third-order valence-corrected chi connectivity index (χ3v) is 2.93. The van der Waals surface area contributed by atoms with Gasteiger partial charge in [-0.1, -0.05) is 13.8 Å². The molecule has 2 rings (SSSR count). The summed E-state index contributed by atoms with van der Waals surface area (Å²) in [6.07, 6.45) is 2.00. The average Bonchev–Trinajstić information content (AvgIpc) is 2.61. The zero-order valence-corrected chi connectivity index (χ0v) is 10.0. The summed E-state index contributed by atoms with van der Waals surface area (Å²) in [6, 6.07) is 0. The van der Waals surface area contributed by atoms with Crippen molar-refractivity contribution in [2.45, 2.75) is 19.8 Å². The molecule has 0 saturated carbocycles. The molecule has 84 valence electrons. The van der Waals surface area contributed by atoms with E-state index in [0.717, 1.165) is 31.1 Å². The van der Waals surface area contributed by atoms with Crippen molar-refractivity contribution in [1.82, 2.24) is 9.66 Å². The molecule has 1 aliphatic heterocycles. The first-order valence-corrected chi connectivity index (χ1v) is 5.74. The highest BCUT2D eigenvalue weighted by atomic mass is 32.1. The lowest BCUT2D eigenvalue weighted by molar-refractivity contribution is 0.110. The Morgan fingerprint density at radius 2 is 2.07 bits per heavy atom. The number of hydrogen-bond donors (Lipinski definition) is 1. The molecule has 15 heavy (non-hydrogen) atoms. The van der Waals surface area contributed by atoms with Crippen LogP contribution in [0.15, 0.2) is 6.20 Å². The van der Waals surface area contributed by atoms with Gasteiger partial charge in [0, 0.05) is 6.20 Å². The number of rotatable bonds is 2. The molecule has 0 spiro atoms. The van der Waals surface area contributed by atoms with Crippen LogP contribution in [0.1, 0.15) is 25.5 Å². The largest absolute Gasteiger partial charge is 0.378 e. The predicted molar refractivity (Wildman–Crippen MR) is 62.5 cm³/mol.